The highest BCUT2D eigenvalue weighted by Crippen LogP contribution is 2.26. The van der Waals surface area contributed by atoms with Gasteiger partial charge in [-0.3, -0.25) is 0 Å². The molecule has 5 nitrogen and oxygen atoms in total. The van der Waals surface area contributed by atoms with E-state index in [1.54, 1.807) is 0 Å². The maximum Gasteiger partial charge on any atom is 0.318 e. The second-order valence-electron chi connectivity index (χ2n) is 7.64. The van der Waals surface area contributed by atoms with Crippen LogP contribution in [0.4, 0.5) is 10.5 Å². The van der Waals surface area contributed by atoms with Crippen LogP contribution in [-0.4, -0.2) is 48.8 Å². The van der Waals surface area contributed by atoms with Crippen LogP contribution >= 0.6 is 0 Å². The summed E-state index contributed by atoms with van der Waals surface area (Å²) in [6.45, 7) is 8.45. The second kappa shape index (κ2) is 7.88. The number of anilines is 1. The Kier molecular flexibility index (Phi) is 6.10. The lowest BCUT2D eigenvalue weighted by atomic mass is 9.89. The quantitative estimate of drug-likeness (QED) is 0.815. The number of aliphatic hydroxyl groups is 1. The third-order valence-corrected chi connectivity index (χ3v) is 4.81. The van der Waals surface area contributed by atoms with Crippen LogP contribution in [-0.2, 0) is 6.54 Å². The molecule has 24 heavy (non-hydrogen) atoms. The average Bonchev–Trinajstić information content (AvgIpc) is 2.68. The molecule has 134 valence electrons. The Balaban J connectivity index is 1.94. The predicted octanol–water partition coefficient (Wildman–Crippen LogP) is 2.84. The smallest absolute Gasteiger partial charge is 0.318 e. The van der Waals surface area contributed by atoms with E-state index < -0.39 is 0 Å². The van der Waals surface area contributed by atoms with Crippen LogP contribution in [0.25, 0.3) is 0 Å². The van der Waals surface area contributed by atoms with Crippen molar-refractivity contribution in [3.05, 3.63) is 29.8 Å². The molecule has 1 aromatic carbocycles. The molecule has 0 saturated heterocycles. The molecule has 0 bridgehead atoms. The Morgan fingerprint density at radius 1 is 1.38 bits per heavy atom. The molecule has 1 aromatic rings. The monoisotopic (exact) mass is 333 g/mol. The van der Waals surface area contributed by atoms with Gasteiger partial charge in [0.25, 0.3) is 0 Å². The van der Waals surface area contributed by atoms with E-state index in [1.165, 1.54) is 11.3 Å². The summed E-state index contributed by atoms with van der Waals surface area (Å²) in [6, 6.07) is 8.41. The molecule has 0 aliphatic carbocycles. The second-order valence-corrected chi connectivity index (χ2v) is 7.64. The van der Waals surface area contributed by atoms with Crippen molar-refractivity contribution in [1.82, 2.24) is 10.2 Å². The number of carbonyl (C=O) groups is 1. The van der Waals surface area contributed by atoms with Crippen molar-refractivity contribution in [3.63, 3.8) is 0 Å². The number of carbonyl (C=O) groups excluding carboxylic acids is 1. The first-order chi connectivity index (χ1) is 11.3. The topological polar surface area (TPSA) is 55.8 Å². The SMILES string of the molecule is CC1CN(C)c2ccccc2CN1C(=O)NCCCC(C)(C)CO. The van der Waals surface area contributed by atoms with E-state index in [2.05, 4.69) is 36.3 Å². The lowest BCUT2D eigenvalue weighted by molar-refractivity contribution is 0.146. The molecule has 2 rings (SSSR count). The molecule has 2 amide bonds. The van der Waals surface area contributed by atoms with E-state index in [-0.39, 0.29) is 24.1 Å². The number of benzene rings is 1. The highest BCUT2D eigenvalue weighted by atomic mass is 16.3. The summed E-state index contributed by atoms with van der Waals surface area (Å²) in [5.41, 5.74) is 2.30. The minimum atomic E-state index is -0.0811. The van der Waals surface area contributed by atoms with Gasteiger partial charge in [-0.2, -0.15) is 0 Å². The number of likely N-dealkylation sites (N-methyl/N-ethyl adjacent to an activating group) is 1. The van der Waals surface area contributed by atoms with E-state index in [4.69, 9.17) is 0 Å². The summed E-state index contributed by atoms with van der Waals surface area (Å²) in [5.74, 6) is 0. The summed E-state index contributed by atoms with van der Waals surface area (Å²) in [6.07, 6.45) is 1.77. The number of aliphatic hydroxyl groups excluding tert-OH is 1. The van der Waals surface area contributed by atoms with E-state index >= 15 is 0 Å². The van der Waals surface area contributed by atoms with E-state index in [9.17, 15) is 9.90 Å². The molecule has 1 unspecified atom stereocenters. The van der Waals surface area contributed by atoms with Crippen LogP contribution in [0.5, 0.6) is 0 Å². The Morgan fingerprint density at radius 2 is 2.08 bits per heavy atom. The van der Waals surface area contributed by atoms with Crippen molar-refractivity contribution < 1.29 is 9.90 Å². The number of fused-ring (bicyclic) bond motifs is 1. The van der Waals surface area contributed by atoms with Crippen LogP contribution in [0, 0.1) is 5.41 Å². The van der Waals surface area contributed by atoms with E-state index in [0.717, 1.165) is 19.4 Å². The van der Waals surface area contributed by atoms with Crippen molar-refractivity contribution in [3.8, 4) is 0 Å². The van der Waals surface area contributed by atoms with Crippen LogP contribution in [0.1, 0.15) is 39.2 Å². The lowest BCUT2D eigenvalue weighted by Gasteiger charge is -2.29. The van der Waals surface area contributed by atoms with Gasteiger partial charge in [-0.15, -0.1) is 0 Å². The Bertz CT molecular complexity index is 559. The average molecular weight is 333 g/mol. The third-order valence-electron chi connectivity index (χ3n) is 4.81. The zero-order valence-electron chi connectivity index (χ0n) is 15.4. The van der Waals surface area contributed by atoms with Crippen molar-refractivity contribution in [2.24, 2.45) is 5.41 Å². The van der Waals surface area contributed by atoms with Crippen LogP contribution in [0.2, 0.25) is 0 Å². The maximum atomic E-state index is 12.6. The number of hydrogen-bond acceptors (Lipinski definition) is 3. The zero-order chi connectivity index (χ0) is 17.7. The lowest BCUT2D eigenvalue weighted by Crippen LogP contribution is -2.47. The largest absolute Gasteiger partial charge is 0.396 e. The number of nitrogens with one attached hydrogen (secondary N) is 1. The molecule has 0 fully saturated rings. The van der Waals surface area contributed by atoms with Crippen molar-refractivity contribution in [2.45, 2.75) is 46.2 Å². The van der Waals surface area contributed by atoms with Gasteiger partial charge in [0.05, 0.1) is 0 Å². The Morgan fingerprint density at radius 3 is 2.79 bits per heavy atom. The fraction of sp³-hybridized carbons (Fsp3) is 0.632. The van der Waals surface area contributed by atoms with Gasteiger partial charge in [-0.05, 0) is 36.8 Å². The van der Waals surface area contributed by atoms with Crippen molar-refractivity contribution in [2.75, 3.05) is 31.6 Å². The summed E-state index contributed by atoms with van der Waals surface area (Å²) < 4.78 is 0. The number of rotatable bonds is 5. The molecule has 1 heterocycles. The van der Waals surface area contributed by atoms with E-state index in [0.29, 0.717) is 13.1 Å². The fourth-order valence-corrected chi connectivity index (χ4v) is 3.16. The number of para-hydroxylation sites is 1. The maximum absolute atomic E-state index is 12.6. The van der Waals surface area contributed by atoms with E-state index in [1.807, 2.05) is 30.9 Å². The number of hydrogen-bond donors (Lipinski definition) is 2. The number of nitrogens with zero attached hydrogens (tertiary/aromatic N) is 2. The number of urea groups is 1. The van der Waals surface area contributed by atoms with Gasteiger partial charge >= 0.3 is 6.03 Å². The van der Waals surface area contributed by atoms with Gasteiger partial charge in [0.15, 0.2) is 0 Å². The van der Waals surface area contributed by atoms with Gasteiger partial charge in [0, 0.05) is 45.0 Å². The van der Waals surface area contributed by atoms with Gasteiger partial charge in [-0.25, -0.2) is 4.79 Å². The molecule has 0 aromatic heterocycles. The molecular weight excluding hydrogens is 302 g/mol. The van der Waals surface area contributed by atoms with Gasteiger partial charge in [0.2, 0.25) is 0 Å². The minimum Gasteiger partial charge on any atom is -0.396 e. The fourth-order valence-electron chi connectivity index (χ4n) is 3.16. The molecule has 0 saturated carbocycles. The molecule has 0 spiro atoms. The van der Waals surface area contributed by atoms with Crippen LogP contribution in [0.3, 0.4) is 0 Å². The molecule has 0 radical (unpaired) electrons. The standard InChI is InChI=1S/C19H31N3O2/c1-15-12-21(4)17-9-6-5-8-16(17)13-22(15)18(24)20-11-7-10-19(2,3)14-23/h5-6,8-9,15,23H,7,10-14H2,1-4H3,(H,20,24). The first kappa shape index (κ1) is 18.6. The first-order valence-electron chi connectivity index (χ1n) is 8.78. The number of amides is 2. The van der Waals surface area contributed by atoms with Crippen LogP contribution in [0.15, 0.2) is 24.3 Å². The van der Waals surface area contributed by atoms with Crippen molar-refractivity contribution in [1.29, 1.82) is 0 Å². The molecule has 1 atom stereocenters. The highest BCUT2D eigenvalue weighted by molar-refractivity contribution is 5.75. The molecule has 1 aliphatic heterocycles. The minimum absolute atomic E-state index is 0.00518. The first-order valence-corrected chi connectivity index (χ1v) is 8.78. The van der Waals surface area contributed by atoms with Crippen molar-refractivity contribution >= 4 is 11.7 Å². The van der Waals surface area contributed by atoms with Gasteiger partial charge in [0.1, 0.15) is 0 Å². The summed E-state index contributed by atoms with van der Waals surface area (Å²) in [4.78, 5) is 16.8. The van der Waals surface area contributed by atoms with Crippen LogP contribution < -0.4 is 10.2 Å². The Hall–Kier alpha value is -1.75. The molecular formula is C19H31N3O2. The highest BCUT2D eigenvalue weighted by Gasteiger charge is 2.26. The summed E-state index contributed by atoms with van der Waals surface area (Å²) in [5, 5.41) is 12.3. The Labute approximate surface area is 145 Å². The summed E-state index contributed by atoms with van der Waals surface area (Å²) in [7, 11) is 2.08. The third kappa shape index (κ3) is 4.63. The van der Waals surface area contributed by atoms with Gasteiger partial charge < -0.3 is 20.2 Å². The predicted molar refractivity (Wildman–Crippen MR) is 98.2 cm³/mol. The molecule has 1 aliphatic rings. The molecule has 5 heteroatoms. The zero-order valence-corrected chi connectivity index (χ0v) is 15.4. The summed E-state index contributed by atoms with van der Waals surface area (Å²) >= 11 is 0. The van der Waals surface area contributed by atoms with Gasteiger partial charge in [-0.1, -0.05) is 32.0 Å². The molecule has 2 N–H and O–H groups in total. The normalized spacial score (nSPS) is 18.1.